The molecule has 0 saturated heterocycles. The quantitative estimate of drug-likeness (QED) is 0.848. The molecule has 1 aromatic heterocycles. The molecule has 1 rings (SSSR count). The minimum absolute atomic E-state index is 0.204. The molecule has 1 unspecified atom stereocenters. The Balaban J connectivity index is 2.83. The predicted molar refractivity (Wildman–Crippen MR) is 54.0 cm³/mol. The minimum Gasteiger partial charge on any atom is -0.480 e. The second-order valence-corrected chi connectivity index (χ2v) is 6.02. The van der Waals surface area contributed by atoms with Crippen molar-refractivity contribution >= 4 is 27.1 Å². The van der Waals surface area contributed by atoms with Gasteiger partial charge in [0.25, 0.3) is 0 Å². The highest BCUT2D eigenvalue weighted by molar-refractivity contribution is 7.92. The van der Waals surface area contributed by atoms with E-state index in [4.69, 9.17) is 5.11 Å². The van der Waals surface area contributed by atoms with Crippen molar-refractivity contribution in [3.63, 3.8) is 0 Å². The molecule has 1 aromatic rings. The SMILES string of the molecule is CC(C(=O)O)S(=O)(=O)Cc1ccsc1. The van der Waals surface area contributed by atoms with Gasteiger partial charge >= 0.3 is 5.97 Å². The van der Waals surface area contributed by atoms with Crippen molar-refractivity contribution in [2.45, 2.75) is 17.9 Å². The number of aliphatic carboxylic acids is 1. The second kappa shape index (κ2) is 4.10. The zero-order chi connectivity index (χ0) is 10.8. The van der Waals surface area contributed by atoms with E-state index in [2.05, 4.69) is 0 Å². The Morgan fingerprint density at radius 1 is 1.64 bits per heavy atom. The molecule has 4 nitrogen and oxygen atoms in total. The third-order valence-electron chi connectivity index (χ3n) is 1.83. The van der Waals surface area contributed by atoms with Crippen LogP contribution in [0.5, 0.6) is 0 Å². The average molecular weight is 234 g/mol. The predicted octanol–water partition coefficient (Wildman–Crippen LogP) is 1.14. The topological polar surface area (TPSA) is 71.4 Å². The molecule has 1 N–H and O–H groups in total. The van der Waals surface area contributed by atoms with E-state index in [9.17, 15) is 13.2 Å². The van der Waals surface area contributed by atoms with Gasteiger partial charge in [-0.1, -0.05) is 0 Å². The van der Waals surface area contributed by atoms with Gasteiger partial charge in [0, 0.05) is 0 Å². The Bertz CT molecular complexity index is 405. The van der Waals surface area contributed by atoms with Crippen LogP contribution in [0.4, 0.5) is 0 Å². The van der Waals surface area contributed by atoms with Crippen LogP contribution in [-0.4, -0.2) is 24.7 Å². The lowest BCUT2D eigenvalue weighted by Gasteiger charge is -2.06. The highest BCUT2D eigenvalue weighted by atomic mass is 32.2. The fraction of sp³-hybridized carbons (Fsp3) is 0.375. The van der Waals surface area contributed by atoms with Gasteiger partial charge in [0.15, 0.2) is 15.1 Å². The van der Waals surface area contributed by atoms with E-state index in [1.54, 1.807) is 16.8 Å². The Kier molecular flexibility index (Phi) is 3.28. The number of sulfone groups is 1. The average Bonchev–Trinajstić information content (AvgIpc) is 2.54. The summed E-state index contributed by atoms with van der Waals surface area (Å²) < 4.78 is 22.9. The molecule has 0 fully saturated rings. The van der Waals surface area contributed by atoms with Crippen molar-refractivity contribution < 1.29 is 18.3 Å². The monoisotopic (exact) mass is 234 g/mol. The molecule has 0 spiro atoms. The molecular weight excluding hydrogens is 224 g/mol. The molecular formula is C8H10O4S2. The first-order valence-electron chi connectivity index (χ1n) is 3.89. The van der Waals surface area contributed by atoms with Crippen molar-refractivity contribution in [2.75, 3.05) is 0 Å². The molecule has 0 radical (unpaired) electrons. The molecule has 0 bridgehead atoms. The maximum absolute atomic E-state index is 11.5. The summed E-state index contributed by atoms with van der Waals surface area (Å²) in [5, 5.41) is 10.7. The summed E-state index contributed by atoms with van der Waals surface area (Å²) in [4.78, 5) is 10.5. The molecule has 14 heavy (non-hydrogen) atoms. The highest BCUT2D eigenvalue weighted by Gasteiger charge is 2.27. The van der Waals surface area contributed by atoms with Gasteiger partial charge in [0.2, 0.25) is 0 Å². The van der Waals surface area contributed by atoms with Crippen LogP contribution in [0.25, 0.3) is 0 Å². The van der Waals surface area contributed by atoms with Crippen LogP contribution in [0.15, 0.2) is 16.8 Å². The van der Waals surface area contributed by atoms with E-state index in [1.165, 1.54) is 18.3 Å². The minimum atomic E-state index is -3.58. The van der Waals surface area contributed by atoms with Gasteiger partial charge in [-0.15, -0.1) is 0 Å². The number of hydrogen-bond acceptors (Lipinski definition) is 4. The molecule has 0 aliphatic heterocycles. The van der Waals surface area contributed by atoms with Gasteiger partial charge in [-0.25, -0.2) is 8.42 Å². The molecule has 0 amide bonds. The molecule has 1 atom stereocenters. The van der Waals surface area contributed by atoms with E-state index in [0.717, 1.165) is 0 Å². The lowest BCUT2D eigenvalue weighted by molar-refractivity contribution is -0.136. The van der Waals surface area contributed by atoms with E-state index >= 15 is 0 Å². The van der Waals surface area contributed by atoms with Crippen LogP contribution in [0.3, 0.4) is 0 Å². The summed E-state index contributed by atoms with van der Waals surface area (Å²) in [6.45, 7) is 1.18. The maximum Gasteiger partial charge on any atom is 0.321 e. The van der Waals surface area contributed by atoms with Crippen LogP contribution in [0.1, 0.15) is 12.5 Å². The molecule has 0 aromatic carbocycles. The van der Waals surface area contributed by atoms with Crippen LogP contribution < -0.4 is 0 Å². The van der Waals surface area contributed by atoms with E-state index in [-0.39, 0.29) is 5.75 Å². The van der Waals surface area contributed by atoms with Crippen LogP contribution in [0.2, 0.25) is 0 Å². The lowest BCUT2D eigenvalue weighted by atomic mass is 10.4. The van der Waals surface area contributed by atoms with Crippen LogP contribution >= 0.6 is 11.3 Å². The van der Waals surface area contributed by atoms with Crippen molar-refractivity contribution in [3.05, 3.63) is 22.4 Å². The van der Waals surface area contributed by atoms with Gasteiger partial charge in [-0.05, 0) is 29.3 Å². The zero-order valence-corrected chi connectivity index (χ0v) is 9.14. The van der Waals surface area contributed by atoms with Crippen molar-refractivity contribution in [1.29, 1.82) is 0 Å². The van der Waals surface area contributed by atoms with Gasteiger partial charge < -0.3 is 5.11 Å². The maximum atomic E-state index is 11.5. The first kappa shape index (κ1) is 11.2. The third-order valence-corrected chi connectivity index (χ3v) is 4.58. The fourth-order valence-electron chi connectivity index (χ4n) is 0.886. The standard InChI is InChI=1S/C8H10O4S2/c1-6(8(9)10)14(11,12)5-7-2-3-13-4-7/h2-4,6H,5H2,1H3,(H,9,10). The van der Waals surface area contributed by atoms with E-state index < -0.39 is 21.1 Å². The Labute approximate surface area is 86.1 Å². The lowest BCUT2D eigenvalue weighted by Crippen LogP contribution is -2.27. The molecule has 0 aliphatic carbocycles. The largest absolute Gasteiger partial charge is 0.480 e. The number of hydrogen-bond donors (Lipinski definition) is 1. The molecule has 0 saturated carbocycles. The Morgan fingerprint density at radius 3 is 2.71 bits per heavy atom. The van der Waals surface area contributed by atoms with Crippen molar-refractivity contribution in [3.8, 4) is 0 Å². The Morgan fingerprint density at radius 2 is 2.29 bits per heavy atom. The van der Waals surface area contributed by atoms with Crippen molar-refractivity contribution in [2.24, 2.45) is 0 Å². The summed E-state index contributed by atoms with van der Waals surface area (Å²) in [6.07, 6.45) is 0. The van der Waals surface area contributed by atoms with Crippen LogP contribution in [-0.2, 0) is 20.4 Å². The van der Waals surface area contributed by atoms with E-state index in [0.29, 0.717) is 5.56 Å². The number of thiophene rings is 1. The van der Waals surface area contributed by atoms with Gasteiger partial charge in [-0.2, -0.15) is 11.3 Å². The highest BCUT2D eigenvalue weighted by Crippen LogP contribution is 2.14. The van der Waals surface area contributed by atoms with Crippen LogP contribution in [0, 0.1) is 0 Å². The third kappa shape index (κ3) is 2.55. The van der Waals surface area contributed by atoms with Crippen molar-refractivity contribution in [1.82, 2.24) is 0 Å². The zero-order valence-electron chi connectivity index (χ0n) is 7.50. The molecule has 1 heterocycles. The number of carboxylic acids is 1. The normalized spacial score (nSPS) is 13.8. The summed E-state index contributed by atoms with van der Waals surface area (Å²) in [6, 6.07) is 1.68. The van der Waals surface area contributed by atoms with Gasteiger partial charge in [-0.3, -0.25) is 4.79 Å². The molecule has 78 valence electrons. The summed E-state index contributed by atoms with van der Waals surface area (Å²) in [5.74, 6) is -1.51. The Hall–Kier alpha value is -0.880. The smallest absolute Gasteiger partial charge is 0.321 e. The summed E-state index contributed by atoms with van der Waals surface area (Å²) in [7, 11) is -3.58. The first-order valence-corrected chi connectivity index (χ1v) is 6.55. The van der Waals surface area contributed by atoms with E-state index in [1.807, 2.05) is 0 Å². The summed E-state index contributed by atoms with van der Waals surface area (Å²) >= 11 is 1.39. The summed E-state index contributed by atoms with van der Waals surface area (Å²) in [5.41, 5.74) is 0.642. The second-order valence-electron chi connectivity index (χ2n) is 2.92. The van der Waals surface area contributed by atoms with Gasteiger partial charge in [0.1, 0.15) is 0 Å². The number of rotatable bonds is 4. The molecule has 0 aliphatic rings. The first-order chi connectivity index (χ1) is 6.43. The number of carbonyl (C=O) groups is 1. The number of carboxylic acid groups (broad SMARTS) is 1. The molecule has 6 heteroatoms. The fourth-order valence-corrected chi connectivity index (χ4v) is 2.86. The van der Waals surface area contributed by atoms with Gasteiger partial charge in [0.05, 0.1) is 5.75 Å².